The molecule has 4 heteroatoms. The van der Waals surface area contributed by atoms with Gasteiger partial charge in [-0.05, 0) is 25.8 Å². The number of nitrogens with zero attached hydrogens (tertiary/aromatic N) is 1. The van der Waals surface area contributed by atoms with Crippen LogP contribution in [0.3, 0.4) is 0 Å². The molecule has 1 atom stereocenters. The summed E-state index contributed by atoms with van der Waals surface area (Å²) in [7, 11) is 1.77. The first-order chi connectivity index (χ1) is 9.46. The predicted octanol–water partition coefficient (Wildman–Crippen LogP) is 2.57. The molecule has 2 rings (SSSR count). The van der Waals surface area contributed by atoms with Crippen molar-refractivity contribution in [1.29, 1.82) is 0 Å². The highest BCUT2D eigenvalue weighted by atomic mass is 16.3. The number of benzene rings is 1. The summed E-state index contributed by atoms with van der Waals surface area (Å²) in [5.41, 5.74) is 6.33. The number of phenols is 1. The second-order valence-electron chi connectivity index (χ2n) is 5.87. The first kappa shape index (κ1) is 14.9. The highest BCUT2D eigenvalue weighted by Gasteiger charge is 2.38. The van der Waals surface area contributed by atoms with E-state index in [0.717, 1.165) is 37.7 Å². The van der Waals surface area contributed by atoms with Crippen LogP contribution >= 0.6 is 0 Å². The maximum atomic E-state index is 12.7. The zero-order valence-corrected chi connectivity index (χ0v) is 12.3. The van der Waals surface area contributed by atoms with Gasteiger partial charge in [-0.3, -0.25) is 4.79 Å². The number of amides is 1. The van der Waals surface area contributed by atoms with E-state index in [9.17, 15) is 9.90 Å². The van der Waals surface area contributed by atoms with Gasteiger partial charge < -0.3 is 15.7 Å². The molecule has 1 saturated carbocycles. The number of aromatic hydroxyl groups is 1. The molecule has 0 radical (unpaired) electrons. The number of hydrogen-bond acceptors (Lipinski definition) is 3. The summed E-state index contributed by atoms with van der Waals surface area (Å²) in [6, 6.07) is 6.93. The standard InChI is InChI=1S/C16H24N2O2/c1-12(13-8-4-5-9-14(13)19)18(2)15(20)16(17)10-6-3-7-11-16/h4-5,8-9,12,19H,3,6-7,10-11,17H2,1-2H3. The Labute approximate surface area is 120 Å². The van der Waals surface area contributed by atoms with Crippen LogP contribution in [0.25, 0.3) is 0 Å². The minimum atomic E-state index is -0.730. The Bertz CT molecular complexity index is 481. The molecule has 0 aromatic heterocycles. The van der Waals surface area contributed by atoms with Gasteiger partial charge in [-0.15, -0.1) is 0 Å². The number of carbonyl (C=O) groups is 1. The quantitative estimate of drug-likeness (QED) is 0.891. The maximum Gasteiger partial charge on any atom is 0.242 e. The van der Waals surface area contributed by atoms with E-state index >= 15 is 0 Å². The maximum absolute atomic E-state index is 12.7. The average Bonchev–Trinajstić information content (AvgIpc) is 2.46. The molecule has 1 aliphatic carbocycles. The van der Waals surface area contributed by atoms with Crippen LogP contribution in [0, 0.1) is 0 Å². The number of likely N-dealkylation sites (N-methyl/N-ethyl adjacent to an activating group) is 1. The van der Waals surface area contributed by atoms with Crippen molar-refractivity contribution in [3.05, 3.63) is 29.8 Å². The lowest BCUT2D eigenvalue weighted by molar-refractivity contribution is -0.138. The van der Waals surface area contributed by atoms with Crippen LogP contribution in [0.2, 0.25) is 0 Å². The fraction of sp³-hybridized carbons (Fsp3) is 0.562. The molecule has 1 aromatic rings. The van der Waals surface area contributed by atoms with Gasteiger partial charge >= 0.3 is 0 Å². The van der Waals surface area contributed by atoms with E-state index in [2.05, 4.69) is 0 Å². The van der Waals surface area contributed by atoms with Crippen molar-refractivity contribution in [1.82, 2.24) is 4.90 Å². The predicted molar refractivity (Wildman–Crippen MR) is 79.3 cm³/mol. The molecule has 1 amide bonds. The van der Waals surface area contributed by atoms with E-state index in [1.807, 2.05) is 19.1 Å². The topological polar surface area (TPSA) is 66.6 Å². The Morgan fingerprint density at radius 3 is 2.50 bits per heavy atom. The second-order valence-corrected chi connectivity index (χ2v) is 5.87. The Morgan fingerprint density at radius 2 is 1.90 bits per heavy atom. The van der Waals surface area contributed by atoms with Gasteiger partial charge in [0.1, 0.15) is 5.75 Å². The third-order valence-corrected chi connectivity index (χ3v) is 4.46. The summed E-state index contributed by atoms with van der Waals surface area (Å²) < 4.78 is 0. The monoisotopic (exact) mass is 276 g/mol. The van der Waals surface area contributed by atoms with Gasteiger partial charge in [-0.25, -0.2) is 0 Å². The lowest BCUT2D eigenvalue weighted by atomic mass is 9.81. The fourth-order valence-electron chi connectivity index (χ4n) is 2.97. The Hall–Kier alpha value is -1.55. The smallest absolute Gasteiger partial charge is 0.242 e. The van der Waals surface area contributed by atoms with E-state index in [1.54, 1.807) is 24.1 Å². The van der Waals surface area contributed by atoms with E-state index in [1.165, 1.54) is 0 Å². The Kier molecular flexibility index (Phi) is 4.33. The molecular weight excluding hydrogens is 252 g/mol. The van der Waals surface area contributed by atoms with Gasteiger partial charge in [0.25, 0.3) is 0 Å². The van der Waals surface area contributed by atoms with Gasteiger partial charge in [0, 0.05) is 12.6 Å². The third kappa shape index (κ3) is 2.80. The van der Waals surface area contributed by atoms with Crippen LogP contribution in [0.5, 0.6) is 5.75 Å². The molecule has 0 heterocycles. The zero-order chi connectivity index (χ0) is 14.8. The lowest BCUT2D eigenvalue weighted by Crippen LogP contribution is -2.55. The normalized spacial score (nSPS) is 19.4. The van der Waals surface area contributed by atoms with Crippen molar-refractivity contribution in [2.45, 2.75) is 50.6 Å². The van der Waals surface area contributed by atoms with Crippen molar-refractivity contribution in [3.8, 4) is 5.75 Å². The van der Waals surface area contributed by atoms with Crippen LogP contribution in [0.4, 0.5) is 0 Å². The molecule has 110 valence electrons. The average molecular weight is 276 g/mol. The number of hydrogen-bond donors (Lipinski definition) is 2. The Balaban J connectivity index is 2.16. The number of rotatable bonds is 3. The number of para-hydroxylation sites is 1. The van der Waals surface area contributed by atoms with Gasteiger partial charge in [-0.2, -0.15) is 0 Å². The second kappa shape index (κ2) is 5.83. The largest absolute Gasteiger partial charge is 0.508 e. The molecule has 1 aromatic carbocycles. The van der Waals surface area contributed by atoms with Gasteiger partial charge in [-0.1, -0.05) is 37.5 Å². The highest BCUT2D eigenvalue weighted by molar-refractivity contribution is 5.86. The number of phenolic OH excluding ortho intramolecular Hbond substituents is 1. The molecule has 1 fully saturated rings. The zero-order valence-electron chi connectivity index (χ0n) is 12.3. The van der Waals surface area contributed by atoms with E-state index in [4.69, 9.17) is 5.73 Å². The van der Waals surface area contributed by atoms with Gasteiger partial charge in [0.15, 0.2) is 0 Å². The molecule has 20 heavy (non-hydrogen) atoms. The third-order valence-electron chi connectivity index (χ3n) is 4.46. The fourth-order valence-corrected chi connectivity index (χ4v) is 2.97. The minimum Gasteiger partial charge on any atom is -0.508 e. The molecule has 4 nitrogen and oxygen atoms in total. The molecule has 0 saturated heterocycles. The molecule has 3 N–H and O–H groups in total. The SMILES string of the molecule is CC(c1ccccc1O)N(C)C(=O)C1(N)CCCCC1. The molecule has 0 spiro atoms. The van der Waals surface area contributed by atoms with E-state index in [-0.39, 0.29) is 17.7 Å². The summed E-state index contributed by atoms with van der Waals surface area (Å²) in [5, 5.41) is 9.92. The van der Waals surface area contributed by atoms with E-state index in [0.29, 0.717) is 0 Å². The van der Waals surface area contributed by atoms with Gasteiger partial charge in [0.05, 0.1) is 11.6 Å². The van der Waals surface area contributed by atoms with Crippen molar-refractivity contribution in [2.24, 2.45) is 5.73 Å². The highest BCUT2D eigenvalue weighted by Crippen LogP contribution is 2.32. The summed E-state index contributed by atoms with van der Waals surface area (Å²) in [5.74, 6) is 0.197. The van der Waals surface area contributed by atoms with Crippen molar-refractivity contribution in [2.75, 3.05) is 7.05 Å². The molecular formula is C16H24N2O2. The summed E-state index contributed by atoms with van der Waals surface area (Å²) in [6.07, 6.45) is 4.69. The molecule has 0 aliphatic heterocycles. The number of carbonyl (C=O) groups excluding carboxylic acids is 1. The van der Waals surface area contributed by atoms with Crippen LogP contribution in [0.15, 0.2) is 24.3 Å². The van der Waals surface area contributed by atoms with E-state index < -0.39 is 5.54 Å². The van der Waals surface area contributed by atoms with Crippen LogP contribution in [-0.4, -0.2) is 28.5 Å². The molecule has 1 aliphatic rings. The van der Waals surface area contributed by atoms with Crippen LogP contribution in [-0.2, 0) is 4.79 Å². The summed E-state index contributed by atoms with van der Waals surface area (Å²) in [6.45, 7) is 1.92. The van der Waals surface area contributed by atoms with Crippen LogP contribution in [0.1, 0.15) is 50.6 Å². The molecule has 1 unspecified atom stereocenters. The van der Waals surface area contributed by atoms with Crippen LogP contribution < -0.4 is 5.73 Å². The van der Waals surface area contributed by atoms with Crippen molar-refractivity contribution in [3.63, 3.8) is 0 Å². The first-order valence-corrected chi connectivity index (χ1v) is 7.30. The summed E-state index contributed by atoms with van der Waals surface area (Å²) in [4.78, 5) is 14.3. The molecule has 0 bridgehead atoms. The lowest BCUT2D eigenvalue weighted by Gasteiger charge is -2.37. The van der Waals surface area contributed by atoms with Crippen molar-refractivity contribution < 1.29 is 9.90 Å². The summed E-state index contributed by atoms with van der Waals surface area (Å²) >= 11 is 0. The minimum absolute atomic E-state index is 0.0204. The van der Waals surface area contributed by atoms with Gasteiger partial charge in [0.2, 0.25) is 5.91 Å². The number of nitrogens with two attached hydrogens (primary N) is 1. The van der Waals surface area contributed by atoms with Crippen molar-refractivity contribution >= 4 is 5.91 Å². The Morgan fingerprint density at radius 1 is 1.30 bits per heavy atom. The first-order valence-electron chi connectivity index (χ1n) is 7.30.